The highest BCUT2D eigenvalue weighted by molar-refractivity contribution is 5.54. The molecule has 1 spiro atoms. The van der Waals surface area contributed by atoms with Crippen molar-refractivity contribution in [3.05, 3.63) is 77.4 Å². The first kappa shape index (κ1) is 17.5. The van der Waals surface area contributed by atoms with E-state index in [2.05, 4.69) is 46.1 Å². The predicted molar refractivity (Wildman–Crippen MR) is 108 cm³/mol. The number of benzene rings is 1. The molecule has 5 rings (SSSR count). The lowest BCUT2D eigenvalue weighted by molar-refractivity contribution is 0.0503. The summed E-state index contributed by atoms with van der Waals surface area (Å²) in [5.41, 5.74) is 5.86. The van der Waals surface area contributed by atoms with Crippen molar-refractivity contribution in [2.45, 2.75) is 31.9 Å². The Bertz CT molecular complexity index is 974. The summed E-state index contributed by atoms with van der Waals surface area (Å²) in [5.74, 6) is 0.755. The number of pyridine rings is 1. The van der Waals surface area contributed by atoms with Gasteiger partial charge < -0.3 is 4.74 Å². The van der Waals surface area contributed by atoms with Crippen molar-refractivity contribution in [2.75, 3.05) is 19.7 Å². The standard InChI is InChI=1S/C23H24N4O/c1-17-4-6-18(7-5-17)13-27-10-8-23(15-27)16-28-14-20-12-25-22(26-21(20)23)19-3-2-9-24-11-19/h2-7,9,11-12H,8,10,13-16H2,1H3/t23-/m1/s1. The van der Waals surface area contributed by atoms with Gasteiger partial charge in [-0.2, -0.15) is 0 Å². The van der Waals surface area contributed by atoms with E-state index in [9.17, 15) is 0 Å². The van der Waals surface area contributed by atoms with E-state index in [0.717, 1.165) is 49.6 Å². The number of nitrogens with zero attached hydrogens (tertiary/aromatic N) is 4. The Morgan fingerprint density at radius 3 is 2.86 bits per heavy atom. The highest BCUT2D eigenvalue weighted by Crippen LogP contribution is 2.40. The van der Waals surface area contributed by atoms with Gasteiger partial charge in [-0.3, -0.25) is 9.88 Å². The van der Waals surface area contributed by atoms with Gasteiger partial charge in [0.1, 0.15) is 0 Å². The third kappa shape index (κ3) is 3.21. The van der Waals surface area contributed by atoms with Crippen LogP contribution in [-0.2, 0) is 23.3 Å². The number of aryl methyl sites for hydroxylation is 1. The molecule has 0 aliphatic carbocycles. The van der Waals surface area contributed by atoms with Gasteiger partial charge in [-0.1, -0.05) is 29.8 Å². The number of fused-ring (bicyclic) bond motifs is 2. The smallest absolute Gasteiger partial charge is 0.160 e. The topological polar surface area (TPSA) is 51.1 Å². The van der Waals surface area contributed by atoms with Crippen LogP contribution in [0.2, 0.25) is 0 Å². The molecule has 0 amide bonds. The number of likely N-dealkylation sites (tertiary alicyclic amines) is 1. The zero-order chi connectivity index (χ0) is 19.0. The minimum atomic E-state index is -0.0435. The van der Waals surface area contributed by atoms with Crippen LogP contribution < -0.4 is 0 Å². The normalized spacial score (nSPS) is 21.8. The molecule has 0 N–H and O–H groups in total. The van der Waals surface area contributed by atoms with Crippen LogP contribution in [0.15, 0.2) is 55.0 Å². The van der Waals surface area contributed by atoms with E-state index in [1.807, 2.05) is 24.5 Å². The van der Waals surface area contributed by atoms with Crippen LogP contribution in [0.3, 0.4) is 0 Å². The van der Waals surface area contributed by atoms with Crippen LogP contribution in [0.4, 0.5) is 0 Å². The summed E-state index contributed by atoms with van der Waals surface area (Å²) < 4.78 is 5.97. The lowest BCUT2D eigenvalue weighted by Gasteiger charge is -2.34. The van der Waals surface area contributed by atoms with Crippen LogP contribution in [0.5, 0.6) is 0 Å². The van der Waals surface area contributed by atoms with Crippen LogP contribution in [-0.4, -0.2) is 39.5 Å². The van der Waals surface area contributed by atoms with Crippen molar-refractivity contribution >= 4 is 0 Å². The fraction of sp³-hybridized carbons (Fsp3) is 0.348. The van der Waals surface area contributed by atoms with E-state index in [1.165, 1.54) is 16.8 Å². The lowest BCUT2D eigenvalue weighted by atomic mass is 9.80. The van der Waals surface area contributed by atoms with Gasteiger partial charge in [0.05, 0.1) is 24.3 Å². The van der Waals surface area contributed by atoms with Gasteiger partial charge in [0.25, 0.3) is 0 Å². The summed E-state index contributed by atoms with van der Waals surface area (Å²) in [6.45, 7) is 6.46. The zero-order valence-corrected chi connectivity index (χ0v) is 16.1. The van der Waals surface area contributed by atoms with Crippen LogP contribution in [0.1, 0.15) is 28.8 Å². The van der Waals surface area contributed by atoms with Crippen molar-refractivity contribution in [1.29, 1.82) is 0 Å². The summed E-state index contributed by atoms with van der Waals surface area (Å²) in [4.78, 5) is 16.3. The predicted octanol–water partition coefficient (Wildman–Crippen LogP) is 3.52. The molecule has 2 aliphatic heterocycles. The van der Waals surface area contributed by atoms with E-state index in [4.69, 9.17) is 9.72 Å². The van der Waals surface area contributed by atoms with Crippen molar-refractivity contribution in [1.82, 2.24) is 19.9 Å². The summed E-state index contributed by atoms with van der Waals surface area (Å²) in [5, 5.41) is 0. The van der Waals surface area contributed by atoms with E-state index in [0.29, 0.717) is 6.61 Å². The lowest BCUT2D eigenvalue weighted by Crippen LogP contribution is -2.40. The second kappa shape index (κ2) is 7.08. The van der Waals surface area contributed by atoms with E-state index in [1.54, 1.807) is 6.20 Å². The molecular formula is C23H24N4O. The SMILES string of the molecule is Cc1ccc(CN2CC[C@]3(COCc4cnc(-c5cccnc5)nc43)C2)cc1. The van der Waals surface area contributed by atoms with E-state index < -0.39 is 0 Å². The Balaban J connectivity index is 1.43. The molecule has 0 bridgehead atoms. The first-order chi connectivity index (χ1) is 13.7. The fourth-order valence-corrected chi connectivity index (χ4v) is 4.39. The van der Waals surface area contributed by atoms with Gasteiger partial charge in [0.2, 0.25) is 0 Å². The van der Waals surface area contributed by atoms with Gasteiger partial charge in [-0.25, -0.2) is 9.97 Å². The van der Waals surface area contributed by atoms with Gasteiger partial charge >= 0.3 is 0 Å². The first-order valence-corrected chi connectivity index (χ1v) is 9.84. The Morgan fingerprint density at radius 1 is 1.14 bits per heavy atom. The number of hydrogen-bond acceptors (Lipinski definition) is 5. The maximum Gasteiger partial charge on any atom is 0.160 e. The third-order valence-electron chi connectivity index (χ3n) is 5.88. The number of hydrogen-bond donors (Lipinski definition) is 0. The highest BCUT2D eigenvalue weighted by Gasteiger charge is 2.44. The largest absolute Gasteiger partial charge is 0.376 e. The molecule has 0 unspecified atom stereocenters. The van der Waals surface area contributed by atoms with Crippen LogP contribution in [0.25, 0.3) is 11.4 Å². The van der Waals surface area contributed by atoms with Crippen molar-refractivity contribution < 1.29 is 4.74 Å². The highest BCUT2D eigenvalue weighted by atomic mass is 16.5. The maximum absolute atomic E-state index is 5.97. The van der Waals surface area contributed by atoms with Crippen molar-refractivity contribution in [3.8, 4) is 11.4 Å². The number of ether oxygens (including phenoxy) is 1. The Morgan fingerprint density at radius 2 is 2.04 bits per heavy atom. The van der Waals surface area contributed by atoms with Gasteiger partial charge in [0.15, 0.2) is 5.82 Å². The van der Waals surface area contributed by atoms with E-state index in [-0.39, 0.29) is 5.41 Å². The monoisotopic (exact) mass is 372 g/mol. The summed E-state index contributed by atoms with van der Waals surface area (Å²) in [7, 11) is 0. The maximum atomic E-state index is 5.97. The molecule has 0 saturated carbocycles. The molecule has 1 saturated heterocycles. The van der Waals surface area contributed by atoms with Gasteiger partial charge in [0, 0.05) is 42.8 Å². The molecule has 2 aliphatic rings. The Labute approximate surface area is 165 Å². The molecule has 1 aromatic carbocycles. The molecule has 5 heteroatoms. The summed E-state index contributed by atoms with van der Waals surface area (Å²) in [6.07, 6.45) is 6.60. The number of aromatic nitrogens is 3. The Hall–Kier alpha value is -2.63. The summed E-state index contributed by atoms with van der Waals surface area (Å²) >= 11 is 0. The first-order valence-electron chi connectivity index (χ1n) is 9.84. The van der Waals surface area contributed by atoms with Crippen molar-refractivity contribution in [3.63, 3.8) is 0 Å². The minimum Gasteiger partial charge on any atom is -0.376 e. The molecular weight excluding hydrogens is 348 g/mol. The average molecular weight is 372 g/mol. The zero-order valence-electron chi connectivity index (χ0n) is 16.1. The molecule has 5 nitrogen and oxygen atoms in total. The second-order valence-corrected chi connectivity index (χ2v) is 8.03. The third-order valence-corrected chi connectivity index (χ3v) is 5.88. The van der Waals surface area contributed by atoms with Crippen molar-refractivity contribution in [2.24, 2.45) is 0 Å². The molecule has 4 heterocycles. The fourth-order valence-electron chi connectivity index (χ4n) is 4.39. The second-order valence-electron chi connectivity index (χ2n) is 8.03. The quantitative estimate of drug-likeness (QED) is 0.704. The minimum absolute atomic E-state index is 0.0435. The van der Waals surface area contributed by atoms with Gasteiger partial charge in [-0.05, 0) is 37.6 Å². The molecule has 28 heavy (non-hydrogen) atoms. The summed E-state index contributed by atoms with van der Waals surface area (Å²) in [6, 6.07) is 12.8. The number of rotatable bonds is 3. The molecule has 1 atom stereocenters. The van der Waals surface area contributed by atoms with E-state index >= 15 is 0 Å². The molecule has 2 aromatic heterocycles. The Kier molecular flexibility index (Phi) is 4.41. The van der Waals surface area contributed by atoms with Crippen LogP contribution >= 0.6 is 0 Å². The van der Waals surface area contributed by atoms with Gasteiger partial charge in [-0.15, -0.1) is 0 Å². The molecule has 1 fully saturated rings. The van der Waals surface area contributed by atoms with Crippen LogP contribution in [0, 0.1) is 6.92 Å². The average Bonchev–Trinajstić information content (AvgIpc) is 3.13. The molecule has 3 aromatic rings. The molecule has 0 radical (unpaired) electrons. The molecule has 142 valence electrons.